The second-order valence-corrected chi connectivity index (χ2v) is 9.47. The van der Waals surface area contributed by atoms with Crippen molar-refractivity contribution >= 4 is 43.7 Å². The molecule has 6 nitrogen and oxygen atoms in total. The van der Waals surface area contributed by atoms with E-state index in [1.165, 1.54) is 0 Å². The molecular weight excluding hydrogens is 494 g/mol. The van der Waals surface area contributed by atoms with Gasteiger partial charge in [-0.15, -0.1) is 0 Å². The highest BCUT2D eigenvalue weighted by atomic mass is 16.3. The van der Waals surface area contributed by atoms with Crippen LogP contribution in [0.5, 0.6) is 0 Å². The zero-order valence-electron chi connectivity index (χ0n) is 20.8. The topological polar surface area (TPSA) is 113 Å². The fourth-order valence-corrected chi connectivity index (χ4v) is 5.55. The summed E-state index contributed by atoms with van der Waals surface area (Å²) in [5.41, 5.74) is 7.52. The SMILES string of the molecule is N#Cc1ccc2oc3ccc(-c4c(C#N)cccc4-n4c5ccc(C#N)cc5c5cc(C#N)ccc54)cc3c2c1. The molecule has 0 saturated carbocycles. The summed E-state index contributed by atoms with van der Waals surface area (Å²) in [6.45, 7) is 0. The van der Waals surface area contributed by atoms with E-state index in [1.54, 1.807) is 30.3 Å². The minimum absolute atomic E-state index is 0.500. The van der Waals surface area contributed by atoms with Gasteiger partial charge in [-0.05, 0) is 84.4 Å². The van der Waals surface area contributed by atoms with E-state index in [2.05, 4.69) is 28.8 Å². The van der Waals surface area contributed by atoms with E-state index < -0.39 is 0 Å². The van der Waals surface area contributed by atoms with E-state index in [-0.39, 0.29) is 0 Å². The first-order valence-corrected chi connectivity index (χ1v) is 12.4. The molecule has 5 aromatic carbocycles. The molecule has 182 valence electrons. The third-order valence-electron chi connectivity index (χ3n) is 7.31. The van der Waals surface area contributed by atoms with Crippen LogP contribution in [0.15, 0.2) is 95.4 Å². The maximum absolute atomic E-state index is 10.2. The predicted molar refractivity (Wildman–Crippen MR) is 152 cm³/mol. The number of hydrogen-bond acceptors (Lipinski definition) is 5. The quantitative estimate of drug-likeness (QED) is 0.236. The molecule has 0 radical (unpaired) electrons. The summed E-state index contributed by atoms with van der Waals surface area (Å²) in [6, 6.07) is 36.8. The molecule has 7 aromatic rings. The lowest BCUT2D eigenvalue weighted by atomic mass is 9.96. The molecule has 6 heteroatoms. The molecule has 0 aliphatic heterocycles. The Hall–Kier alpha value is -6.34. The molecular formula is C34H15N5O. The maximum Gasteiger partial charge on any atom is 0.135 e. The van der Waals surface area contributed by atoms with Crippen LogP contribution in [-0.2, 0) is 0 Å². The van der Waals surface area contributed by atoms with Crippen molar-refractivity contribution in [2.75, 3.05) is 0 Å². The van der Waals surface area contributed by atoms with Crippen molar-refractivity contribution in [3.05, 3.63) is 113 Å². The highest BCUT2D eigenvalue weighted by Crippen LogP contribution is 2.40. The van der Waals surface area contributed by atoms with Crippen LogP contribution >= 0.6 is 0 Å². The Morgan fingerprint density at radius 2 is 1.07 bits per heavy atom. The molecule has 0 fully saturated rings. The molecule has 0 N–H and O–H groups in total. The third-order valence-corrected chi connectivity index (χ3v) is 7.31. The number of furan rings is 1. The van der Waals surface area contributed by atoms with Crippen molar-refractivity contribution in [3.8, 4) is 41.1 Å². The molecule has 40 heavy (non-hydrogen) atoms. The molecule has 7 rings (SSSR count). The summed E-state index contributed by atoms with van der Waals surface area (Å²) in [6.07, 6.45) is 0. The highest BCUT2D eigenvalue weighted by Gasteiger charge is 2.20. The second kappa shape index (κ2) is 8.61. The van der Waals surface area contributed by atoms with Crippen molar-refractivity contribution in [1.82, 2.24) is 4.57 Å². The van der Waals surface area contributed by atoms with E-state index in [9.17, 15) is 21.0 Å². The molecule has 0 amide bonds. The first-order valence-electron chi connectivity index (χ1n) is 12.4. The highest BCUT2D eigenvalue weighted by molar-refractivity contribution is 6.11. The van der Waals surface area contributed by atoms with Crippen molar-refractivity contribution in [2.24, 2.45) is 0 Å². The lowest BCUT2D eigenvalue weighted by Crippen LogP contribution is -1.99. The molecule has 0 atom stereocenters. The largest absolute Gasteiger partial charge is 0.456 e. The number of nitriles is 4. The summed E-state index contributed by atoms with van der Waals surface area (Å²) in [5, 5.41) is 42.1. The molecule has 0 unspecified atom stereocenters. The van der Waals surface area contributed by atoms with Crippen molar-refractivity contribution < 1.29 is 4.42 Å². The molecule has 0 aliphatic rings. The Balaban J connectivity index is 1.58. The number of benzene rings is 5. The van der Waals surface area contributed by atoms with Gasteiger partial charge in [-0.1, -0.05) is 12.1 Å². The standard InChI is InChI=1S/C34H15N5O/c35-16-20-4-8-29-25(12-20)26-13-21(17-36)5-9-30(26)39(29)31-3-1-2-24(19-38)34(31)23-7-11-33-28(15-23)27-14-22(18-37)6-10-32(27)40-33/h1-15H. The minimum Gasteiger partial charge on any atom is -0.456 e. The van der Waals surface area contributed by atoms with Gasteiger partial charge in [-0.3, -0.25) is 0 Å². The predicted octanol–water partition coefficient (Wildman–Crippen LogP) is 7.84. The van der Waals surface area contributed by atoms with Crippen LogP contribution in [-0.4, -0.2) is 4.57 Å². The smallest absolute Gasteiger partial charge is 0.135 e. The zero-order valence-corrected chi connectivity index (χ0v) is 20.8. The molecule has 0 saturated heterocycles. The van der Waals surface area contributed by atoms with Gasteiger partial charge in [0.25, 0.3) is 0 Å². The number of fused-ring (bicyclic) bond motifs is 6. The Kier molecular flexibility index (Phi) is 4.91. The van der Waals surface area contributed by atoms with Crippen molar-refractivity contribution in [2.45, 2.75) is 0 Å². The molecule has 2 aromatic heterocycles. The summed E-state index contributed by atoms with van der Waals surface area (Å²) in [5.74, 6) is 0. The van der Waals surface area contributed by atoms with Gasteiger partial charge >= 0.3 is 0 Å². The molecule has 2 heterocycles. The van der Waals surface area contributed by atoms with E-state index in [4.69, 9.17) is 4.42 Å². The van der Waals surface area contributed by atoms with Crippen molar-refractivity contribution in [1.29, 1.82) is 21.0 Å². The van der Waals surface area contributed by atoms with Crippen molar-refractivity contribution in [3.63, 3.8) is 0 Å². The average molecular weight is 510 g/mol. The Morgan fingerprint density at radius 1 is 0.525 bits per heavy atom. The van der Waals surface area contributed by atoms with Gasteiger partial charge in [-0.25, -0.2) is 0 Å². The number of rotatable bonds is 2. The monoisotopic (exact) mass is 509 g/mol. The first-order chi connectivity index (χ1) is 19.6. The van der Waals surface area contributed by atoms with Crippen LogP contribution in [0.3, 0.4) is 0 Å². The van der Waals surface area contributed by atoms with Crippen LogP contribution in [0.2, 0.25) is 0 Å². The van der Waals surface area contributed by atoms with Gasteiger partial charge in [0, 0.05) is 27.1 Å². The Morgan fingerprint density at radius 3 is 1.68 bits per heavy atom. The first kappa shape index (κ1) is 22.8. The Bertz CT molecular complexity index is 2310. The van der Waals surface area contributed by atoms with E-state index in [0.717, 1.165) is 49.4 Å². The van der Waals surface area contributed by atoms with E-state index in [0.29, 0.717) is 33.4 Å². The van der Waals surface area contributed by atoms with E-state index in [1.807, 2.05) is 60.7 Å². The number of nitrogens with zero attached hydrogens (tertiary/aromatic N) is 5. The molecule has 0 bridgehead atoms. The summed E-state index contributed by atoms with van der Waals surface area (Å²) in [7, 11) is 0. The number of aromatic nitrogens is 1. The lowest BCUT2D eigenvalue weighted by molar-refractivity contribution is 0.669. The van der Waals surface area contributed by atoms with Gasteiger partial charge in [0.05, 0.1) is 63.3 Å². The van der Waals surface area contributed by atoms with Gasteiger partial charge in [0.2, 0.25) is 0 Å². The fourth-order valence-electron chi connectivity index (χ4n) is 5.55. The lowest BCUT2D eigenvalue weighted by Gasteiger charge is -2.15. The van der Waals surface area contributed by atoms with Gasteiger partial charge in [0.1, 0.15) is 11.2 Å². The third kappa shape index (κ3) is 3.25. The molecule has 0 aliphatic carbocycles. The Labute approximate surface area is 228 Å². The van der Waals surface area contributed by atoms with Crippen LogP contribution in [0.25, 0.3) is 60.6 Å². The minimum atomic E-state index is 0.500. The van der Waals surface area contributed by atoms with Crippen LogP contribution in [0, 0.1) is 45.3 Å². The summed E-state index contributed by atoms with van der Waals surface area (Å²) in [4.78, 5) is 0. The maximum atomic E-state index is 10.2. The summed E-state index contributed by atoms with van der Waals surface area (Å²) < 4.78 is 8.11. The van der Waals surface area contributed by atoms with Crippen LogP contribution in [0.4, 0.5) is 0 Å². The summed E-state index contributed by atoms with van der Waals surface area (Å²) >= 11 is 0. The average Bonchev–Trinajstić information content (AvgIpc) is 3.54. The fraction of sp³-hybridized carbons (Fsp3) is 0. The van der Waals surface area contributed by atoms with Gasteiger partial charge < -0.3 is 8.98 Å². The molecule has 0 spiro atoms. The second-order valence-electron chi connectivity index (χ2n) is 9.47. The number of hydrogen-bond donors (Lipinski definition) is 0. The van der Waals surface area contributed by atoms with Gasteiger partial charge in [0.15, 0.2) is 0 Å². The van der Waals surface area contributed by atoms with Gasteiger partial charge in [-0.2, -0.15) is 21.0 Å². The van der Waals surface area contributed by atoms with Crippen LogP contribution < -0.4 is 0 Å². The zero-order chi connectivity index (χ0) is 27.4. The normalized spacial score (nSPS) is 10.9. The van der Waals surface area contributed by atoms with Crippen LogP contribution in [0.1, 0.15) is 22.3 Å². The van der Waals surface area contributed by atoms with E-state index >= 15 is 0 Å².